The molecule has 31 heavy (non-hydrogen) atoms. The van der Waals surface area contributed by atoms with Gasteiger partial charge in [-0.05, 0) is 55.9 Å². The summed E-state index contributed by atoms with van der Waals surface area (Å²) in [4.78, 5) is 18.8. The molecule has 0 fully saturated rings. The van der Waals surface area contributed by atoms with E-state index in [4.69, 9.17) is 15.5 Å². The Morgan fingerprint density at radius 3 is 2.45 bits per heavy atom. The first-order chi connectivity index (χ1) is 15.0. The number of amides is 2. The zero-order valence-electron chi connectivity index (χ0n) is 18.4. The normalized spacial score (nSPS) is 11.3. The minimum Gasteiger partial charge on any atom is -0.494 e. The number of nitrogens with zero attached hydrogens (tertiary/aromatic N) is 4. The van der Waals surface area contributed by atoms with Crippen LogP contribution in [0.15, 0.2) is 42.5 Å². The average Bonchev–Trinajstić information content (AvgIpc) is 3.11. The van der Waals surface area contributed by atoms with Gasteiger partial charge in [-0.15, -0.1) is 0 Å². The van der Waals surface area contributed by atoms with Gasteiger partial charge in [-0.25, -0.2) is 14.1 Å². The topological polar surface area (TPSA) is 76.6 Å². The van der Waals surface area contributed by atoms with E-state index in [2.05, 4.69) is 48.3 Å². The zero-order valence-corrected chi connectivity index (χ0v) is 19.3. The number of benzene rings is 2. The summed E-state index contributed by atoms with van der Waals surface area (Å²) >= 11 is 4.18. The van der Waals surface area contributed by atoms with Gasteiger partial charge in [0.05, 0.1) is 23.3 Å². The Bertz CT molecular complexity index is 1010. The van der Waals surface area contributed by atoms with E-state index in [1.807, 2.05) is 37.3 Å². The Kier molecular flexibility index (Phi) is 7.81. The smallest absolute Gasteiger partial charge is 0.329 e. The fourth-order valence-electron chi connectivity index (χ4n) is 3.65. The van der Waals surface area contributed by atoms with Crippen molar-refractivity contribution in [3.63, 3.8) is 0 Å². The van der Waals surface area contributed by atoms with E-state index in [9.17, 15) is 4.79 Å². The quantitative estimate of drug-likeness (QED) is 0.465. The molecule has 8 heteroatoms. The van der Waals surface area contributed by atoms with Crippen LogP contribution in [0.5, 0.6) is 5.75 Å². The van der Waals surface area contributed by atoms with E-state index in [0.29, 0.717) is 18.7 Å². The number of urea groups is 1. The van der Waals surface area contributed by atoms with Gasteiger partial charge in [0.15, 0.2) is 0 Å². The number of hydrogen-bond acceptors (Lipinski definition) is 5. The fourth-order valence-corrected chi connectivity index (χ4v) is 3.77. The largest absolute Gasteiger partial charge is 0.494 e. The highest BCUT2D eigenvalue weighted by Crippen LogP contribution is 2.26. The number of anilines is 1. The molecule has 0 spiro atoms. The molecule has 3 rings (SSSR count). The summed E-state index contributed by atoms with van der Waals surface area (Å²) in [5.74, 6) is 1.85. The third-order valence-corrected chi connectivity index (χ3v) is 5.82. The second-order valence-corrected chi connectivity index (χ2v) is 7.68. The number of imidazole rings is 1. The van der Waals surface area contributed by atoms with Gasteiger partial charge in [-0.3, -0.25) is 0 Å². The predicted molar refractivity (Wildman–Crippen MR) is 129 cm³/mol. The van der Waals surface area contributed by atoms with E-state index >= 15 is 0 Å². The summed E-state index contributed by atoms with van der Waals surface area (Å²) in [6.07, 6.45) is 0.703. The van der Waals surface area contributed by atoms with Crippen LogP contribution >= 0.6 is 12.8 Å². The maximum absolute atomic E-state index is 11.5. The Balaban J connectivity index is 1.95. The molecule has 0 aliphatic heterocycles. The minimum atomic E-state index is -0.627. The van der Waals surface area contributed by atoms with Crippen molar-refractivity contribution in [2.24, 2.45) is 5.73 Å². The van der Waals surface area contributed by atoms with Crippen LogP contribution in [0, 0.1) is 0 Å². The molecule has 2 aromatic carbocycles. The number of primary amides is 1. The van der Waals surface area contributed by atoms with Crippen LogP contribution in [-0.2, 0) is 13.0 Å². The predicted octanol–water partition coefficient (Wildman–Crippen LogP) is 4.10. The van der Waals surface area contributed by atoms with E-state index in [0.717, 1.165) is 58.7 Å². The number of likely N-dealkylation sites (N-methyl/N-ethyl adjacent to an activating group) is 1. The summed E-state index contributed by atoms with van der Waals surface area (Å²) in [5.41, 5.74) is 8.98. The molecule has 0 bridgehead atoms. The average molecular weight is 442 g/mol. The van der Waals surface area contributed by atoms with Crippen molar-refractivity contribution in [2.75, 3.05) is 30.5 Å². The van der Waals surface area contributed by atoms with Crippen molar-refractivity contribution >= 4 is 35.6 Å². The van der Waals surface area contributed by atoms with Crippen molar-refractivity contribution in [3.05, 3.63) is 53.9 Å². The molecule has 2 amide bonds. The molecule has 166 valence electrons. The molecular weight excluding hydrogens is 410 g/mol. The highest BCUT2D eigenvalue weighted by molar-refractivity contribution is 7.82. The van der Waals surface area contributed by atoms with Gasteiger partial charge in [0, 0.05) is 19.5 Å². The van der Waals surface area contributed by atoms with Gasteiger partial charge < -0.3 is 19.9 Å². The number of carbonyl (C=O) groups excluding carboxylic acids is 1. The molecule has 0 saturated heterocycles. The lowest BCUT2D eigenvalue weighted by molar-refractivity contribution is 0.257. The number of ether oxygens (including phenoxy) is 1. The number of aromatic nitrogens is 2. The van der Waals surface area contributed by atoms with Crippen LogP contribution in [-0.4, -0.2) is 46.7 Å². The summed E-state index contributed by atoms with van der Waals surface area (Å²) < 4.78 is 8.94. The van der Waals surface area contributed by atoms with Crippen molar-refractivity contribution in [2.45, 2.75) is 33.7 Å². The van der Waals surface area contributed by atoms with Crippen LogP contribution in [0.1, 0.15) is 32.2 Å². The van der Waals surface area contributed by atoms with Crippen molar-refractivity contribution < 1.29 is 9.53 Å². The second-order valence-electron chi connectivity index (χ2n) is 7.28. The van der Waals surface area contributed by atoms with Gasteiger partial charge in [0.2, 0.25) is 0 Å². The molecule has 0 radical (unpaired) electrons. The van der Waals surface area contributed by atoms with Crippen LogP contribution in [0.25, 0.3) is 11.0 Å². The van der Waals surface area contributed by atoms with Crippen LogP contribution in [0.2, 0.25) is 0 Å². The third-order valence-electron chi connectivity index (χ3n) is 5.40. The summed E-state index contributed by atoms with van der Waals surface area (Å²) in [7, 11) is 0. The van der Waals surface area contributed by atoms with Gasteiger partial charge in [0.1, 0.15) is 11.6 Å². The molecule has 0 aliphatic rings. The fraction of sp³-hybridized carbons (Fsp3) is 0.391. The lowest BCUT2D eigenvalue weighted by Gasteiger charge is -2.19. The maximum Gasteiger partial charge on any atom is 0.329 e. The monoisotopic (exact) mass is 441 g/mol. The lowest BCUT2D eigenvalue weighted by Crippen LogP contribution is -2.27. The number of nitrogens with two attached hydrogens (primary N) is 1. The molecule has 0 saturated carbocycles. The first-order valence-corrected chi connectivity index (χ1v) is 11.1. The highest BCUT2D eigenvalue weighted by Gasteiger charge is 2.15. The van der Waals surface area contributed by atoms with Gasteiger partial charge in [0.25, 0.3) is 0 Å². The first kappa shape index (κ1) is 23.0. The van der Waals surface area contributed by atoms with Crippen molar-refractivity contribution in [1.82, 2.24) is 14.5 Å². The molecule has 0 unspecified atom stereocenters. The number of rotatable bonds is 10. The molecule has 7 nitrogen and oxygen atoms in total. The standard InChI is InChI=1S/C23H31N5O2S/c1-4-26(5-2)13-14-27-21-12-9-18(28(31)23(24)29)16-20(21)25-22(27)15-17-7-10-19(11-8-17)30-6-3/h7-12,16,31H,4-6,13-15H2,1-3H3,(H2,24,29). The molecule has 1 aromatic heterocycles. The van der Waals surface area contributed by atoms with E-state index < -0.39 is 6.03 Å². The highest BCUT2D eigenvalue weighted by atomic mass is 32.1. The summed E-state index contributed by atoms with van der Waals surface area (Å²) in [6.45, 7) is 10.8. The van der Waals surface area contributed by atoms with Crippen LogP contribution in [0.3, 0.4) is 0 Å². The number of thiol groups is 1. The molecule has 0 atom stereocenters. The van der Waals surface area contributed by atoms with Crippen molar-refractivity contribution in [3.8, 4) is 5.75 Å². The SMILES string of the molecule is CCOc1ccc(Cc2nc3cc(N(S)C(N)=O)ccc3n2CCN(CC)CC)cc1. The molecule has 0 aliphatic carbocycles. The Hall–Kier alpha value is -2.71. The minimum absolute atomic E-state index is 0.601. The Morgan fingerprint density at radius 2 is 1.84 bits per heavy atom. The zero-order chi connectivity index (χ0) is 22.4. The second kappa shape index (κ2) is 10.5. The first-order valence-electron chi connectivity index (χ1n) is 10.7. The maximum atomic E-state index is 11.5. The molecule has 3 aromatic rings. The van der Waals surface area contributed by atoms with Gasteiger partial charge >= 0.3 is 6.03 Å². The Morgan fingerprint density at radius 1 is 1.13 bits per heavy atom. The van der Waals surface area contributed by atoms with Gasteiger partial charge in [-0.1, -0.05) is 38.8 Å². The van der Waals surface area contributed by atoms with Crippen molar-refractivity contribution in [1.29, 1.82) is 0 Å². The molecule has 2 N–H and O–H groups in total. The Labute approximate surface area is 189 Å². The third kappa shape index (κ3) is 5.51. The van der Waals surface area contributed by atoms with E-state index in [-0.39, 0.29) is 0 Å². The van der Waals surface area contributed by atoms with Crippen LogP contribution < -0.4 is 14.8 Å². The summed E-state index contributed by atoms with van der Waals surface area (Å²) in [5, 5.41) is 0. The van der Waals surface area contributed by atoms with Gasteiger partial charge in [-0.2, -0.15) is 0 Å². The van der Waals surface area contributed by atoms with E-state index in [1.165, 1.54) is 0 Å². The van der Waals surface area contributed by atoms with E-state index in [1.54, 1.807) is 0 Å². The number of carbonyl (C=O) groups is 1. The lowest BCUT2D eigenvalue weighted by atomic mass is 10.1. The number of hydrogen-bond donors (Lipinski definition) is 2. The van der Waals surface area contributed by atoms with Crippen LogP contribution in [0.4, 0.5) is 10.5 Å². The molecule has 1 heterocycles. The summed E-state index contributed by atoms with van der Waals surface area (Å²) in [6, 6.07) is 13.2. The molecular formula is C23H31N5O2S. The number of fused-ring (bicyclic) bond motifs is 1.